The number of pyridine rings is 3. The van der Waals surface area contributed by atoms with Gasteiger partial charge < -0.3 is 19.6 Å². The van der Waals surface area contributed by atoms with E-state index in [-0.39, 0.29) is 5.41 Å². The van der Waals surface area contributed by atoms with Crippen LogP contribution in [-0.2, 0) is 22.5 Å². The fourth-order valence-corrected chi connectivity index (χ4v) is 6.89. The first kappa shape index (κ1) is 31.0. The first-order chi connectivity index (χ1) is 21.3. The summed E-state index contributed by atoms with van der Waals surface area (Å²) >= 11 is 0. The third-order valence-electron chi connectivity index (χ3n) is 9.29. The molecule has 8 nitrogen and oxygen atoms in total. The quantitative estimate of drug-likeness (QED) is 0.242. The highest BCUT2D eigenvalue weighted by Crippen LogP contribution is 2.45. The minimum atomic E-state index is -1.13. The highest BCUT2D eigenvalue weighted by Gasteiger charge is 2.36. The maximum atomic E-state index is 12.8. The molecule has 1 saturated heterocycles. The Bertz CT molecular complexity index is 1740. The van der Waals surface area contributed by atoms with E-state index in [1.807, 2.05) is 59.1 Å². The van der Waals surface area contributed by atoms with Crippen LogP contribution in [0.3, 0.4) is 0 Å². The van der Waals surface area contributed by atoms with E-state index >= 15 is 0 Å². The van der Waals surface area contributed by atoms with Gasteiger partial charge in [0.25, 0.3) is 0 Å². The molecule has 1 aromatic carbocycles. The second-order valence-corrected chi connectivity index (χ2v) is 14.4. The number of carbonyl (C=O) groups is 1. The summed E-state index contributed by atoms with van der Waals surface area (Å²) in [5.74, 6) is -0.994. The SMILES string of the molecule is Cc1nc(C)c(C(OC(C)(C)C)C(=O)O)c(N2CCC(C)(C)CC2)c1-c1ccc2c(c1)CCN(c1ccnc3cccnc13)C2. The molecule has 0 bridgehead atoms. The van der Waals surface area contributed by atoms with Crippen molar-refractivity contribution in [3.63, 3.8) is 0 Å². The summed E-state index contributed by atoms with van der Waals surface area (Å²) in [6.07, 6.45) is 5.51. The lowest BCUT2D eigenvalue weighted by molar-refractivity contribution is -0.160. The molecule has 0 amide bonds. The van der Waals surface area contributed by atoms with E-state index in [9.17, 15) is 9.90 Å². The Kier molecular flexibility index (Phi) is 8.06. The van der Waals surface area contributed by atoms with Crippen molar-refractivity contribution in [3.05, 3.63) is 76.9 Å². The van der Waals surface area contributed by atoms with Crippen LogP contribution >= 0.6 is 0 Å². The number of aryl methyl sites for hydroxylation is 2. The van der Waals surface area contributed by atoms with Gasteiger partial charge in [-0.1, -0.05) is 32.0 Å². The Morgan fingerprint density at radius 2 is 1.71 bits per heavy atom. The molecule has 2 aliphatic heterocycles. The van der Waals surface area contributed by atoms with Crippen LogP contribution in [0, 0.1) is 19.3 Å². The van der Waals surface area contributed by atoms with E-state index in [4.69, 9.17) is 9.72 Å². The van der Waals surface area contributed by atoms with Crippen molar-refractivity contribution >= 4 is 28.4 Å². The Labute approximate surface area is 266 Å². The van der Waals surface area contributed by atoms with E-state index < -0.39 is 17.7 Å². The molecule has 1 fully saturated rings. The number of anilines is 2. The lowest BCUT2D eigenvalue weighted by Gasteiger charge is -2.41. The number of piperidine rings is 1. The van der Waals surface area contributed by atoms with Crippen LogP contribution in [0.4, 0.5) is 11.4 Å². The van der Waals surface area contributed by atoms with E-state index in [2.05, 4.69) is 57.9 Å². The maximum absolute atomic E-state index is 12.8. The molecule has 0 radical (unpaired) electrons. The number of fused-ring (bicyclic) bond motifs is 2. The molecular weight excluding hydrogens is 562 g/mol. The van der Waals surface area contributed by atoms with Gasteiger partial charge in [0.2, 0.25) is 0 Å². The summed E-state index contributed by atoms with van der Waals surface area (Å²) in [6.45, 7) is 17.7. The number of hydrogen-bond donors (Lipinski definition) is 1. The van der Waals surface area contributed by atoms with Crippen LogP contribution < -0.4 is 9.80 Å². The number of ether oxygens (including phenoxy) is 1. The molecule has 3 aromatic heterocycles. The standard InChI is InChI=1S/C37H45N5O3/c1-23-30(26-10-11-27-22-42(18-13-25(27)21-26)29-12-17-38-28-9-8-16-39-32(28)29)33(41-19-14-37(6,7)15-20-41)31(24(2)40-23)34(35(43)44)45-36(3,4)5/h8-12,16-17,21,34H,13-15,18-20,22H2,1-7H3,(H,43,44). The van der Waals surface area contributed by atoms with Crippen molar-refractivity contribution < 1.29 is 14.6 Å². The van der Waals surface area contributed by atoms with Gasteiger partial charge in [-0.3, -0.25) is 15.0 Å². The van der Waals surface area contributed by atoms with Crippen LogP contribution in [0.25, 0.3) is 22.2 Å². The van der Waals surface area contributed by atoms with Gasteiger partial charge >= 0.3 is 5.97 Å². The van der Waals surface area contributed by atoms with Gasteiger partial charge in [-0.2, -0.15) is 0 Å². The van der Waals surface area contributed by atoms with Crippen LogP contribution in [0.2, 0.25) is 0 Å². The van der Waals surface area contributed by atoms with Gasteiger partial charge in [0.15, 0.2) is 6.10 Å². The fraction of sp³-hybridized carbons (Fsp3) is 0.459. The molecule has 5 heterocycles. The van der Waals surface area contributed by atoms with Crippen LogP contribution in [0.5, 0.6) is 0 Å². The Morgan fingerprint density at radius 1 is 0.956 bits per heavy atom. The van der Waals surface area contributed by atoms with Crippen molar-refractivity contribution in [3.8, 4) is 11.1 Å². The van der Waals surface area contributed by atoms with Gasteiger partial charge in [-0.15, -0.1) is 0 Å². The number of aromatic nitrogens is 3. The van der Waals surface area contributed by atoms with Crippen molar-refractivity contribution in [2.45, 2.75) is 86.0 Å². The number of benzene rings is 1. The zero-order valence-corrected chi connectivity index (χ0v) is 27.6. The van der Waals surface area contributed by atoms with Gasteiger partial charge in [0, 0.05) is 61.1 Å². The van der Waals surface area contributed by atoms with Crippen molar-refractivity contribution in [1.82, 2.24) is 15.0 Å². The number of carboxylic acid groups (broad SMARTS) is 1. The molecule has 1 unspecified atom stereocenters. The third-order valence-corrected chi connectivity index (χ3v) is 9.29. The highest BCUT2D eigenvalue weighted by molar-refractivity contribution is 5.89. The second kappa shape index (κ2) is 11.7. The number of rotatable bonds is 6. The second-order valence-electron chi connectivity index (χ2n) is 14.4. The first-order valence-electron chi connectivity index (χ1n) is 16.0. The average molecular weight is 608 g/mol. The van der Waals surface area contributed by atoms with E-state index in [0.29, 0.717) is 11.3 Å². The molecule has 0 spiro atoms. The first-order valence-corrected chi connectivity index (χ1v) is 16.0. The van der Waals surface area contributed by atoms with Crippen LogP contribution in [0.15, 0.2) is 48.8 Å². The van der Waals surface area contributed by atoms with Gasteiger partial charge in [-0.05, 0) is 94.2 Å². The topological polar surface area (TPSA) is 91.7 Å². The summed E-state index contributed by atoms with van der Waals surface area (Å²) in [5, 5.41) is 10.5. The fourth-order valence-electron chi connectivity index (χ4n) is 6.89. The summed E-state index contributed by atoms with van der Waals surface area (Å²) < 4.78 is 6.26. The molecular formula is C37H45N5O3. The summed E-state index contributed by atoms with van der Waals surface area (Å²) in [4.78, 5) is 31.7. The Balaban J connectivity index is 1.44. The highest BCUT2D eigenvalue weighted by atomic mass is 16.5. The molecule has 4 aromatic rings. The number of aliphatic carboxylic acids is 1. The molecule has 6 rings (SSSR count). The van der Waals surface area contributed by atoms with Gasteiger partial charge in [0.1, 0.15) is 5.52 Å². The van der Waals surface area contributed by atoms with Gasteiger partial charge in [0.05, 0.1) is 22.5 Å². The van der Waals surface area contributed by atoms with Crippen molar-refractivity contribution in [2.24, 2.45) is 5.41 Å². The summed E-state index contributed by atoms with van der Waals surface area (Å²) in [6, 6.07) is 12.7. The van der Waals surface area contributed by atoms with Crippen LogP contribution in [-0.4, -0.2) is 51.3 Å². The predicted octanol–water partition coefficient (Wildman–Crippen LogP) is 7.44. The van der Waals surface area contributed by atoms with E-state index in [1.54, 1.807) is 0 Å². The molecule has 0 saturated carbocycles. The smallest absolute Gasteiger partial charge is 0.337 e. The lowest BCUT2D eigenvalue weighted by atomic mass is 9.81. The normalized spacial score (nSPS) is 17.3. The lowest BCUT2D eigenvalue weighted by Crippen LogP contribution is -2.39. The Hall–Kier alpha value is -4.04. The molecule has 1 N–H and O–H groups in total. The number of hydrogen-bond acceptors (Lipinski definition) is 7. The average Bonchev–Trinajstić information content (AvgIpc) is 2.98. The monoisotopic (exact) mass is 607 g/mol. The minimum Gasteiger partial charge on any atom is -0.479 e. The van der Waals surface area contributed by atoms with Crippen LogP contribution in [0.1, 0.15) is 81.6 Å². The minimum absolute atomic E-state index is 0.245. The van der Waals surface area contributed by atoms with Crippen molar-refractivity contribution in [1.29, 1.82) is 0 Å². The molecule has 2 aliphatic rings. The predicted molar refractivity (Wildman–Crippen MR) is 180 cm³/mol. The van der Waals surface area contributed by atoms with Gasteiger partial charge in [-0.25, -0.2) is 4.79 Å². The maximum Gasteiger partial charge on any atom is 0.337 e. The molecule has 1 atom stereocenters. The molecule has 0 aliphatic carbocycles. The molecule has 45 heavy (non-hydrogen) atoms. The number of carboxylic acids is 1. The van der Waals surface area contributed by atoms with E-state index in [0.717, 1.165) is 84.7 Å². The largest absolute Gasteiger partial charge is 0.479 e. The molecule has 236 valence electrons. The zero-order valence-electron chi connectivity index (χ0n) is 27.6. The summed E-state index contributed by atoms with van der Waals surface area (Å²) in [7, 11) is 0. The molecule has 8 heteroatoms. The summed E-state index contributed by atoms with van der Waals surface area (Å²) in [5.41, 5.74) is 10.4. The zero-order chi connectivity index (χ0) is 32.1. The Morgan fingerprint density at radius 3 is 2.42 bits per heavy atom. The number of nitrogens with zero attached hydrogens (tertiary/aromatic N) is 5. The van der Waals surface area contributed by atoms with Crippen molar-refractivity contribution in [2.75, 3.05) is 29.4 Å². The third kappa shape index (κ3) is 6.25. The van der Waals surface area contributed by atoms with E-state index in [1.165, 1.54) is 11.1 Å².